The van der Waals surface area contributed by atoms with E-state index in [1.54, 1.807) is 7.05 Å². The van der Waals surface area contributed by atoms with E-state index in [2.05, 4.69) is 0 Å². The Morgan fingerprint density at radius 2 is 1.68 bits per heavy atom. The molecule has 0 bridgehead atoms. The first kappa shape index (κ1) is 16.8. The maximum Gasteiger partial charge on any atom is 0.211 e. The summed E-state index contributed by atoms with van der Waals surface area (Å²) in [6.45, 7) is 2.02. The van der Waals surface area contributed by atoms with Gasteiger partial charge in [0.15, 0.2) is 0 Å². The number of sulfonamides is 2. The first-order valence-corrected chi connectivity index (χ1v) is 9.78. The van der Waals surface area contributed by atoms with Crippen LogP contribution in [0.5, 0.6) is 0 Å². The van der Waals surface area contributed by atoms with Gasteiger partial charge in [-0.1, -0.05) is 0 Å². The van der Waals surface area contributed by atoms with E-state index in [4.69, 9.17) is 0 Å². The highest BCUT2D eigenvalue weighted by atomic mass is 32.2. The molecule has 0 unspecified atom stereocenters. The van der Waals surface area contributed by atoms with E-state index in [0.717, 1.165) is 6.42 Å². The zero-order chi connectivity index (χ0) is 14.8. The number of likely N-dealkylation sites (N-methyl/N-ethyl adjacent to an activating group) is 2. The van der Waals surface area contributed by atoms with E-state index in [1.165, 1.54) is 21.1 Å². The van der Waals surface area contributed by atoms with E-state index < -0.39 is 20.0 Å². The molecule has 0 saturated carbocycles. The Labute approximate surface area is 116 Å². The van der Waals surface area contributed by atoms with Crippen LogP contribution in [0, 0.1) is 0 Å². The summed E-state index contributed by atoms with van der Waals surface area (Å²) < 4.78 is 48.1. The maximum atomic E-state index is 11.4. The highest BCUT2D eigenvalue weighted by Gasteiger charge is 2.30. The van der Waals surface area contributed by atoms with E-state index in [0.29, 0.717) is 26.2 Å². The fourth-order valence-electron chi connectivity index (χ4n) is 2.02. The summed E-state index contributed by atoms with van der Waals surface area (Å²) >= 11 is 0. The van der Waals surface area contributed by atoms with Crippen molar-refractivity contribution < 1.29 is 16.8 Å². The fourth-order valence-corrected chi connectivity index (χ4v) is 3.31. The van der Waals surface area contributed by atoms with Crippen molar-refractivity contribution in [3.05, 3.63) is 0 Å². The van der Waals surface area contributed by atoms with E-state index in [-0.39, 0.29) is 6.04 Å². The molecule has 0 amide bonds. The van der Waals surface area contributed by atoms with E-state index in [1.807, 2.05) is 11.9 Å². The van der Waals surface area contributed by atoms with Gasteiger partial charge in [-0.2, -0.15) is 0 Å². The van der Waals surface area contributed by atoms with Crippen molar-refractivity contribution in [2.75, 3.05) is 52.8 Å². The Kier molecular flexibility index (Phi) is 5.35. The van der Waals surface area contributed by atoms with Gasteiger partial charge in [0, 0.05) is 39.3 Å². The van der Waals surface area contributed by atoms with Crippen molar-refractivity contribution >= 4 is 20.0 Å². The van der Waals surface area contributed by atoms with Crippen LogP contribution >= 0.6 is 0 Å². The summed E-state index contributed by atoms with van der Waals surface area (Å²) in [4.78, 5) is 2.02. The largest absolute Gasteiger partial charge is 0.301 e. The minimum Gasteiger partial charge on any atom is -0.301 e. The highest BCUT2D eigenvalue weighted by molar-refractivity contribution is 7.88. The molecule has 1 aliphatic heterocycles. The Bertz CT molecular complexity index is 503. The van der Waals surface area contributed by atoms with Gasteiger partial charge in [0.25, 0.3) is 0 Å². The third-order valence-electron chi connectivity index (χ3n) is 3.55. The zero-order valence-corrected chi connectivity index (χ0v) is 13.5. The van der Waals surface area contributed by atoms with Crippen molar-refractivity contribution in [2.24, 2.45) is 0 Å². The molecule has 0 radical (unpaired) electrons. The SMILES string of the molecule is CN(CCN(C)S(C)(=O)=O)[C@@H]1CCN(S(C)(=O)=O)C1. The monoisotopic (exact) mass is 313 g/mol. The third-order valence-corrected chi connectivity index (χ3v) is 6.14. The minimum atomic E-state index is -3.16. The molecule has 0 aromatic heterocycles. The van der Waals surface area contributed by atoms with Crippen LogP contribution in [0.25, 0.3) is 0 Å². The van der Waals surface area contributed by atoms with Crippen molar-refractivity contribution in [1.82, 2.24) is 13.5 Å². The lowest BCUT2D eigenvalue weighted by Gasteiger charge is -2.26. The average Bonchev–Trinajstić information content (AvgIpc) is 2.72. The molecule has 0 aromatic carbocycles. The van der Waals surface area contributed by atoms with Crippen LogP contribution in [-0.4, -0.2) is 89.2 Å². The summed E-state index contributed by atoms with van der Waals surface area (Å²) in [5.74, 6) is 0. The third kappa shape index (κ3) is 4.99. The normalized spacial score (nSPS) is 22.5. The number of rotatable bonds is 6. The van der Waals surface area contributed by atoms with Crippen LogP contribution in [-0.2, 0) is 20.0 Å². The standard InChI is InChI=1S/C10H23N3O4S2/c1-11(7-8-12(2)18(3,14)15)10-5-6-13(9-10)19(4,16)17/h10H,5-9H2,1-4H3/t10-/m1/s1. The summed E-state index contributed by atoms with van der Waals surface area (Å²) in [5, 5.41) is 0. The zero-order valence-electron chi connectivity index (χ0n) is 11.9. The number of hydrogen-bond acceptors (Lipinski definition) is 5. The van der Waals surface area contributed by atoms with Crippen LogP contribution < -0.4 is 0 Å². The Morgan fingerprint density at radius 1 is 1.11 bits per heavy atom. The Balaban J connectivity index is 2.46. The van der Waals surface area contributed by atoms with Crippen LogP contribution in [0.15, 0.2) is 0 Å². The summed E-state index contributed by atoms with van der Waals surface area (Å²) in [6, 6.07) is 0.155. The molecule has 1 saturated heterocycles. The van der Waals surface area contributed by atoms with E-state index in [9.17, 15) is 16.8 Å². The molecule has 114 valence electrons. The molecule has 1 aliphatic rings. The van der Waals surface area contributed by atoms with Crippen LogP contribution in [0.4, 0.5) is 0 Å². The van der Waals surface area contributed by atoms with Gasteiger partial charge in [-0.05, 0) is 13.5 Å². The van der Waals surface area contributed by atoms with Crippen LogP contribution in [0.3, 0.4) is 0 Å². The molecule has 19 heavy (non-hydrogen) atoms. The van der Waals surface area contributed by atoms with Gasteiger partial charge in [0.05, 0.1) is 12.5 Å². The van der Waals surface area contributed by atoms with Gasteiger partial charge in [-0.25, -0.2) is 25.4 Å². The van der Waals surface area contributed by atoms with Gasteiger partial charge >= 0.3 is 0 Å². The molecule has 0 spiro atoms. The Hall–Kier alpha value is -0.220. The van der Waals surface area contributed by atoms with Gasteiger partial charge in [-0.3, -0.25) is 0 Å². The van der Waals surface area contributed by atoms with Crippen LogP contribution in [0.2, 0.25) is 0 Å². The van der Waals surface area contributed by atoms with Crippen molar-refractivity contribution in [2.45, 2.75) is 12.5 Å². The van der Waals surface area contributed by atoms with Crippen LogP contribution in [0.1, 0.15) is 6.42 Å². The predicted molar refractivity (Wildman–Crippen MR) is 74.9 cm³/mol. The summed E-state index contributed by atoms with van der Waals surface area (Å²) in [6.07, 6.45) is 3.17. The topological polar surface area (TPSA) is 78.0 Å². The van der Waals surface area contributed by atoms with Crippen molar-refractivity contribution in [1.29, 1.82) is 0 Å². The lowest BCUT2D eigenvalue weighted by Crippen LogP contribution is -2.41. The number of nitrogens with zero attached hydrogens (tertiary/aromatic N) is 3. The number of hydrogen-bond donors (Lipinski definition) is 0. The molecule has 0 aliphatic carbocycles. The highest BCUT2D eigenvalue weighted by Crippen LogP contribution is 2.16. The molecular formula is C10H23N3O4S2. The molecule has 1 heterocycles. The first-order valence-electron chi connectivity index (χ1n) is 6.08. The second-order valence-corrected chi connectivity index (χ2v) is 9.20. The van der Waals surface area contributed by atoms with Gasteiger partial charge in [-0.15, -0.1) is 0 Å². The van der Waals surface area contributed by atoms with Crippen molar-refractivity contribution in [3.8, 4) is 0 Å². The molecule has 9 heteroatoms. The molecule has 0 N–H and O–H groups in total. The molecule has 1 fully saturated rings. The molecule has 7 nitrogen and oxygen atoms in total. The van der Waals surface area contributed by atoms with E-state index >= 15 is 0 Å². The van der Waals surface area contributed by atoms with Gasteiger partial charge in [0.2, 0.25) is 20.0 Å². The van der Waals surface area contributed by atoms with Gasteiger partial charge in [0.1, 0.15) is 0 Å². The second kappa shape index (κ2) is 6.04. The summed E-state index contributed by atoms with van der Waals surface area (Å²) in [7, 11) is -2.84. The quantitative estimate of drug-likeness (QED) is 0.618. The lowest BCUT2D eigenvalue weighted by molar-refractivity contribution is 0.237. The Morgan fingerprint density at radius 3 is 2.11 bits per heavy atom. The maximum absolute atomic E-state index is 11.4. The molecule has 0 aromatic rings. The first-order chi connectivity index (χ1) is 8.51. The second-order valence-electron chi connectivity index (χ2n) is 5.13. The van der Waals surface area contributed by atoms with Gasteiger partial charge < -0.3 is 4.90 Å². The molecule has 1 rings (SSSR count). The minimum absolute atomic E-state index is 0.155. The smallest absolute Gasteiger partial charge is 0.211 e. The molecular weight excluding hydrogens is 290 g/mol. The van der Waals surface area contributed by atoms with Crippen molar-refractivity contribution in [3.63, 3.8) is 0 Å². The lowest BCUT2D eigenvalue weighted by atomic mass is 10.2. The molecule has 1 atom stereocenters. The fraction of sp³-hybridized carbons (Fsp3) is 1.00. The predicted octanol–water partition coefficient (Wildman–Crippen LogP) is -1.16. The average molecular weight is 313 g/mol. The summed E-state index contributed by atoms with van der Waals surface area (Å²) in [5.41, 5.74) is 0.